The first-order valence-electron chi connectivity index (χ1n) is 9.08. The van der Waals surface area contributed by atoms with Crippen LogP contribution in [-0.4, -0.2) is 51.7 Å². The number of nitrogens with zero attached hydrogens (tertiary/aromatic N) is 2. The molecule has 3 N–H and O–H groups in total. The smallest absolute Gasteiger partial charge is 0.251 e. The number of amides is 2. The summed E-state index contributed by atoms with van der Waals surface area (Å²) in [5, 5.41) is 15.1. The molecule has 2 aromatic rings. The second kappa shape index (κ2) is 9.85. The van der Waals surface area contributed by atoms with Crippen LogP contribution in [0.5, 0.6) is 0 Å². The zero-order valence-corrected chi connectivity index (χ0v) is 15.5. The first kappa shape index (κ1) is 20.6. The Bertz CT molecular complexity index is 861. The van der Waals surface area contributed by atoms with Gasteiger partial charge in [-0.25, -0.2) is 14.4 Å². The molecule has 0 saturated heterocycles. The third-order valence-electron chi connectivity index (χ3n) is 4.36. The monoisotopic (exact) mass is 400 g/mol. The lowest BCUT2D eigenvalue weighted by Crippen LogP contribution is -2.49. The van der Waals surface area contributed by atoms with E-state index >= 15 is 0 Å². The molecule has 1 aliphatic heterocycles. The number of rotatable bonds is 7. The summed E-state index contributed by atoms with van der Waals surface area (Å²) >= 11 is 0. The van der Waals surface area contributed by atoms with E-state index in [0.717, 1.165) is 0 Å². The van der Waals surface area contributed by atoms with E-state index in [1.807, 2.05) is 0 Å². The predicted octanol–water partition coefficient (Wildman–Crippen LogP) is 0.736. The quantitative estimate of drug-likeness (QED) is 0.591. The number of nitrogens with one attached hydrogen (secondary N) is 2. The van der Waals surface area contributed by atoms with Gasteiger partial charge in [-0.2, -0.15) is 0 Å². The number of carbonyl (C=O) groups excluding carboxylic acids is 2. The van der Waals surface area contributed by atoms with Crippen LogP contribution in [0.4, 0.5) is 4.39 Å². The highest BCUT2D eigenvalue weighted by molar-refractivity contribution is 5.94. The van der Waals surface area contributed by atoms with E-state index in [1.54, 1.807) is 24.4 Å². The summed E-state index contributed by atoms with van der Waals surface area (Å²) in [5.41, 5.74) is 0.980. The molecule has 152 valence electrons. The molecular weight excluding hydrogens is 379 g/mol. The van der Waals surface area contributed by atoms with E-state index < -0.39 is 30.0 Å². The van der Waals surface area contributed by atoms with E-state index in [-0.39, 0.29) is 25.5 Å². The average Bonchev–Trinajstić information content (AvgIpc) is 2.74. The van der Waals surface area contributed by atoms with Crippen molar-refractivity contribution in [1.82, 2.24) is 20.6 Å². The molecule has 0 spiro atoms. The summed E-state index contributed by atoms with van der Waals surface area (Å²) in [6.45, 7) is -0.0602. The normalized spacial score (nSPS) is 20.8. The minimum Gasteiger partial charge on any atom is -0.394 e. The maximum Gasteiger partial charge on any atom is 0.251 e. The van der Waals surface area contributed by atoms with Gasteiger partial charge in [-0.15, -0.1) is 0 Å². The lowest BCUT2D eigenvalue weighted by atomic mass is 10.0. The van der Waals surface area contributed by atoms with Crippen LogP contribution in [0, 0.1) is 5.82 Å². The number of hydrogen-bond acceptors (Lipinski definition) is 6. The first-order valence-corrected chi connectivity index (χ1v) is 9.08. The number of aliphatic hydroxyl groups is 1. The molecular formula is C20H21FN4O4. The molecule has 3 rings (SSSR count). The molecule has 0 unspecified atom stereocenters. The van der Waals surface area contributed by atoms with Crippen LogP contribution in [0.3, 0.4) is 0 Å². The minimum absolute atomic E-state index is 0.0662. The third-order valence-corrected chi connectivity index (χ3v) is 4.36. The average molecular weight is 400 g/mol. The van der Waals surface area contributed by atoms with Crippen LogP contribution in [0.25, 0.3) is 0 Å². The van der Waals surface area contributed by atoms with Gasteiger partial charge in [0, 0.05) is 11.8 Å². The van der Waals surface area contributed by atoms with E-state index in [1.165, 1.54) is 30.6 Å². The largest absolute Gasteiger partial charge is 0.394 e. The van der Waals surface area contributed by atoms with E-state index in [2.05, 4.69) is 20.6 Å². The van der Waals surface area contributed by atoms with E-state index in [0.29, 0.717) is 11.3 Å². The van der Waals surface area contributed by atoms with Crippen molar-refractivity contribution in [1.29, 1.82) is 0 Å². The van der Waals surface area contributed by atoms with Crippen LogP contribution in [0.1, 0.15) is 22.5 Å². The van der Waals surface area contributed by atoms with Crippen molar-refractivity contribution in [2.45, 2.75) is 31.2 Å². The molecule has 29 heavy (non-hydrogen) atoms. The number of aliphatic hydroxyl groups excluding tert-OH is 1. The number of benzene rings is 1. The van der Waals surface area contributed by atoms with Gasteiger partial charge >= 0.3 is 0 Å². The van der Waals surface area contributed by atoms with Crippen LogP contribution in [0.15, 0.2) is 55.0 Å². The molecule has 8 nitrogen and oxygen atoms in total. The standard InChI is InChI=1S/C20H21FN4O4/c21-14-3-1-13(2-4-14)20(28)25-17-6-5-16(29-18(17)11-26)9-19(27)23-10-15-7-8-22-12-24-15/h1-8,12,16-18,26H,9-11H2,(H,23,27)(H,25,28)/t16-,17+,18-/m0/s1. The summed E-state index contributed by atoms with van der Waals surface area (Å²) in [6, 6.07) is 6.27. The fourth-order valence-electron chi connectivity index (χ4n) is 2.84. The molecule has 0 fully saturated rings. The van der Waals surface area contributed by atoms with E-state index in [9.17, 15) is 19.1 Å². The highest BCUT2D eigenvalue weighted by atomic mass is 19.1. The van der Waals surface area contributed by atoms with Gasteiger partial charge in [-0.1, -0.05) is 12.2 Å². The van der Waals surface area contributed by atoms with Crippen LogP contribution in [-0.2, 0) is 16.1 Å². The topological polar surface area (TPSA) is 113 Å². The predicted molar refractivity (Wildman–Crippen MR) is 101 cm³/mol. The summed E-state index contributed by atoms with van der Waals surface area (Å²) in [7, 11) is 0. The summed E-state index contributed by atoms with van der Waals surface area (Å²) in [6.07, 6.45) is 5.19. The molecule has 2 heterocycles. The second-order valence-electron chi connectivity index (χ2n) is 6.47. The van der Waals surface area contributed by atoms with Crippen molar-refractivity contribution in [2.75, 3.05) is 6.61 Å². The Morgan fingerprint density at radius 1 is 1.17 bits per heavy atom. The van der Waals surface area contributed by atoms with Crippen LogP contribution in [0.2, 0.25) is 0 Å². The molecule has 1 aliphatic rings. The Morgan fingerprint density at radius 2 is 1.97 bits per heavy atom. The summed E-state index contributed by atoms with van der Waals surface area (Å²) in [4.78, 5) is 32.2. The molecule has 2 amide bonds. The number of hydrogen-bond donors (Lipinski definition) is 3. The lowest BCUT2D eigenvalue weighted by Gasteiger charge is -2.31. The van der Waals surface area contributed by atoms with Crippen LogP contribution >= 0.6 is 0 Å². The van der Waals surface area contributed by atoms with Crippen LogP contribution < -0.4 is 10.6 Å². The zero-order chi connectivity index (χ0) is 20.6. The summed E-state index contributed by atoms with van der Waals surface area (Å²) in [5.74, 6) is -1.08. The Kier molecular flexibility index (Phi) is 6.99. The highest BCUT2D eigenvalue weighted by Gasteiger charge is 2.29. The van der Waals surface area contributed by atoms with Gasteiger partial charge < -0.3 is 20.5 Å². The van der Waals surface area contributed by atoms with Gasteiger partial charge in [0.1, 0.15) is 18.2 Å². The fraction of sp³-hybridized carbons (Fsp3) is 0.300. The molecule has 1 aromatic carbocycles. The van der Waals surface area contributed by atoms with Gasteiger partial charge in [-0.05, 0) is 30.3 Å². The van der Waals surface area contributed by atoms with Crippen molar-refractivity contribution in [2.24, 2.45) is 0 Å². The maximum atomic E-state index is 13.0. The van der Waals surface area contributed by atoms with Crippen molar-refractivity contribution in [3.05, 3.63) is 72.1 Å². The first-order chi connectivity index (χ1) is 14.0. The molecule has 0 bridgehead atoms. The Morgan fingerprint density at radius 3 is 2.66 bits per heavy atom. The third kappa shape index (κ3) is 5.90. The van der Waals surface area contributed by atoms with Crippen molar-refractivity contribution in [3.63, 3.8) is 0 Å². The molecule has 1 aromatic heterocycles. The lowest BCUT2D eigenvalue weighted by molar-refractivity contribution is -0.125. The maximum absolute atomic E-state index is 13.0. The molecule has 3 atom stereocenters. The molecule has 0 radical (unpaired) electrons. The van der Waals surface area contributed by atoms with Crippen molar-refractivity contribution in [3.8, 4) is 0 Å². The number of halogens is 1. The highest BCUT2D eigenvalue weighted by Crippen LogP contribution is 2.16. The number of ether oxygens (including phenoxy) is 1. The minimum atomic E-state index is -0.705. The number of aromatic nitrogens is 2. The molecule has 0 aliphatic carbocycles. The fourth-order valence-corrected chi connectivity index (χ4v) is 2.84. The Labute approximate surface area is 166 Å². The molecule has 9 heteroatoms. The SMILES string of the molecule is O=C(C[C@@H]1C=C[C@@H](NC(=O)c2ccc(F)cc2)[C@H](CO)O1)NCc1ccncn1. The molecule has 0 saturated carbocycles. The number of carbonyl (C=O) groups is 2. The second-order valence-corrected chi connectivity index (χ2v) is 6.47. The van der Waals surface area contributed by atoms with Gasteiger partial charge in [0.15, 0.2) is 0 Å². The van der Waals surface area contributed by atoms with Crippen molar-refractivity contribution >= 4 is 11.8 Å². The van der Waals surface area contributed by atoms with Gasteiger partial charge in [0.2, 0.25) is 5.91 Å². The zero-order valence-electron chi connectivity index (χ0n) is 15.5. The van der Waals surface area contributed by atoms with Crippen molar-refractivity contribution < 1.29 is 23.8 Å². The Balaban J connectivity index is 1.53. The van der Waals surface area contributed by atoms with E-state index in [4.69, 9.17) is 4.74 Å². The Hall–Kier alpha value is -3.17. The van der Waals surface area contributed by atoms with Gasteiger partial charge in [0.25, 0.3) is 5.91 Å². The summed E-state index contributed by atoms with van der Waals surface area (Å²) < 4.78 is 18.7. The van der Waals surface area contributed by atoms with Gasteiger partial charge in [-0.3, -0.25) is 9.59 Å². The van der Waals surface area contributed by atoms with Gasteiger partial charge in [0.05, 0.1) is 37.4 Å².